The molecule has 3 heterocycles. The Morgan fingerprint density at radius 1 is 1.24 bits per heavy atom. The number of H-pyrrole nitrogens is 1. The lowest BCUT2D eigenvalue weighted by molar-refractivity contribution is -0.154. The van der Waals surface area contributed by atoms with E-state index >= 15 is 0 Å². The van der Waals surface area contributed by atoms with Gasteiger partial charge in [0.2, 0.25) is 0 Å². The molecule has 7 atom stereocenters. The number of hydrogen-bond acceptors (Lipinski definition) is 8. The molecular formula is C20H17NO5S3. The number of carbonyl (C=O) groups is 2. The summed E-state index contributed by atoms with van der Waals surface area (Å²) in [6.45, 7) is 0. The predicted molar refractivity (Wildman–Crippen MR) is 109 cm³/mol. The summed E-state index contributed by atoms with van der Waals surface area (Å²) in [5, 5.41) is 11.7. The number of benzene rings is 1. The monoisotopic (exact) mass is 447 g/mol. The van der Waals surface area contributed by atoms with Crippen LogP contribution in [0.3, 0.4) is 0 Å². The van der Waals surface area contributed by atoms with Crippen molar-refractivity contribution in [2.45, 2.75) is 22.6 Å². The van der Waals surface area contributed by atoms with Crippen molar-refractivity contribution in [3.63, 3.8) is 0 Å². The van der Waals surface area contributed by atoms with Gasteiger partial charge in [-0.2, -0.15) is 0 Å². The largest absolute Gasteiger partial charge is 0.504 e. The lowest BCUT2D eigenvalue weighted by Crippen LogP contribution is -2.42. The molecule has 2 N–H and O–H groups in total. The van der Waals surface area contributed by atoms with Crippen LogP contribution in [0, 0.1) is 33.5 Å². The number of aromatic nitrogens is 1. The van der Waals surface area contributed by atoms with E-state index in [0.29, 0.717) is 9.70 Å². The molecular weight excluding hydrogens is 430 g/mol. The summed E-state index contributed by atoms with van der Waals surface area (Å²) >= 11 is 8.74. The number of phenols is 1. The van der Waals surface area contributed by atoms with E-state index in [1.54, 1.807) is 35.2 Å². The van der Waals surface area contributed by atoms with Gasteiger partial charge in [-0.3, -0.25) is 9.59 Å². The zero-order valence-corrected chi connectivity index (χ0v) is 17.7. The van der Waals surface area contributed by atoms with Crippen molar-refractivity contribution in [3.8, 4) is 11.5 Å². The smallest absolute Gasteiger partial charge is 0.317 e. The van der Waals surface area contributed by atoms with Gasteiger partial charge in [-0.15, -0.1) is 23.1 Å². The average molecular weight is 448 g/mol. The van der Waals surface area contributed by atoms with Crippen molar-refractivity contribution in [2.24, 2.45) is 29.6 Å². The van der Waals surface area contributed by atoms with Crippen molar-refractivity contribution >= 4 is 47.3 Å². The van der Waals surface area contributed by atoms with Crippen molar-refractivity contribution in [1.29, 1.82) is 0 Å². The summed E-state index contributed by atoms with van der Waals surface area (Å²) < 4.78 is 10.9. The Balaban J connectivity index is 1.51. The lowest BCUT2D eigenvalue weighted by Gasteiger charge is -2.42. The summed E-state index contributed by atoms with van der Waals surface area (Å²) in [5.74, 6) is -0.424. The number of hydrogen-bond donors (Lipinski definition) is 2. The van der Waals surface area contributed by atoms with Gasteiger partial charge in [0.05, 0.1) is 24.0 Å². The highest BCUT2D eigenvalue weighted by atomic mass is 32.2. The third-order valence-electron chi connectivity index (χ3n) is 7.02. The van der Waals surface area contributed by atoms with E-state index in [2.05, 4.69) is 4.98 Å². The number of aromatic hydroxyl groups is 1. The molecule has 6 rings (SSSR count). The van der Waals surface area contributed by atoms with Gasteiger partial charge in [-0.1, -0.05) is 6.07 Å². The summed E-state index contributed by atoms with van der Waals surface area (Å²) in [4.78, 5) is 29.2. The van der Waals surface area contributed by atoms with E-state index in [1.807, 2.05) is 6.07 Å². The summed E-state index contributed by atoms with van der Waals surface area (Å²) in [5.41, 5.74) is 0.979. The highest BCUT2D eigenvalue weighted by Crippen LogP contribution is 2.68. The van der Waals surface area contributed by atoms with Crippen LogP contribution in [0.25, 0.3) is 0 Å². The number of rotatable bonds is 2. The standard InChI is InChI=1S/C20H17NO5S3/c1-25-10-3-2-6(4-9(10)22)11-12-7-5-8(14-13(7)18(23)26-19(14)24)15(12)28-17-16(11)29-20(27)21-17/h2-4,7-8,11-15,22H,5H2,1H3,(H,21,27). The van der Waals surface area contributed by atoms with E-state index in [0.717, 1.165) is 21.9 Å². The number of methoxy groups -OCH3 is 1. The van der Waals surface area contributed by atoms with Gasteiger partial charge in [0.25, 0.3) is 0 Å². The molecule has 1 saturated heterocycles. The maximum atomic E-state index is 12.4. The first-order valence-electron chi connectivity index (χ1n) is 9.50. The Kier molecular flexibility index (Phi) is 3.77. The fourth-order valence-corrected chi connectivity index (χ4v) is 9.42. The zero-order chi connectivity index (χ0) is 20.0. The summed E-state index contributed by atoms with van der Waals surface area (Å²) in [6.07, 6.45) is 0.868. The highest BCUT2D eigenvalue weighted by Gasteiger charge is 2.69. The lowest BCUT2D eigenvalue weighted by atomic mass is 9.68. The number of fused-ring (bicyclic) bond motifs is 9. The van der Waals surface area contributed by atoms with Crippen LogP contribution in [0.1, 0.15) is 22.8 Å². The van der Waals surface area contributed by atoms with Gasteiger partial charge in [-0.05, 0) is 54.1 Å². The third-order valence-corrected chi connectivity index (χ3v) is 9.96. The van der Waals surface area contributed by atoms with E-state index < -0.39 is 0 Å². The van der Waals surface area contributed by atoms with E-state index in [-0.39, 0.29) is 58.4 Å². The third kappa shape index (κ3) is 2.32. The number of phenolic OH excluding ortho intramolecular Hbond substituents is 1. The van der Waals surface area contributed by atoms with Crippen LogP contribution in [0.4, 0.5) is 0 Å². The molecule has 2 aliphatic carbocycles. The molecule has 2 saturated carbocycles. The van der Waals surface area contributed by atoms with E-state index in [4.69, 9.17) is 21.7 Å². The minimum Gasteiger partial charge on any atom is -0.504 e. The molecule has 7 unspecified atom stereocenters. The highest BCUT2D eigenvalue weighted by molar-refractivity contribution is 8.00. The first-order valence-corrected chi connectivity index (χ1v) is 11.6. The first kappa shape index (κ1) is 18.0. The molecule has 1 aromatic carbocycles. The molecule has 6 nitrogen and oxygen atoms in total. The molecule has 29 heavy (non-hydrogen) atoms. The van der Waals surface area contributed by atoms with Crippen LogP contribution in [-0.2, 0) is 14.3 Å². The number of carbonyl (C=O) groups excluding carboxylic acids is 2. The second kappa shape index (κ2) is 6.09. The van der Waals surface area contributed by atoms with Crippen LogP contribution in [0.5, 0.6) is 11.5 Å². The Hall–Kier alpha value is -1.84. The molecule has 4 aliphatic rings. The van der Waals surface area contributed by atoms with Gasteiger partial charge in [0.1, 0.15) is 0 Å². The molecule has 3 fully saturated rings. The topological polar surface area (TPSA) is 88.6 Å². The molecule has 0 amide bonds. The second-order valence-corrected chi connectivity index (χ2v) is 11.0. The van der Waals surface area contributed by atoms with Crippen LogP contribution in [0.15, 0.2) is 23.2 Å². The van der Waals surface area contributed by atoms with Crippen LogP contribution in [-0.4, -0.2) is 34.4 Å². The molecule has 2 aromatic rings. The van der Waals surface area contributed by atoms with Crippen LogP contribution < -0.4 is 4.74 Å². The maximum Gasteiger partial charge on any atom is 0.317 e. The van der Waals surface area contributed by atoms with Gasteiger partial charge < -0.3 is 19.6 Å². The van der Waals surface area contributed by atoms with Gasteiger partial charge in [0.15, 0.2) is 15.5 Å². The fourth-order valence-electron chi connectivity index (χ4n) is 6.09. The van der Waals surface area contributed by atoms with Crippen molar-refractivity contribution in [1.82, 2.24) is 4.98 Å². The minimum absolute atomic E-state index is 0.00505. The molecule has 0 spiro atoms. The average Bonchev–Trinajstić information content (AvgIpc) is 3.41. The minimum atomic E-state index is -0.361. The Morgan fingerprint density at radius 3 is 2.72 bits per heavy atom. The van der Waals surface area contributed by atoms with Crippen LogP contribution >= 0.6 is 35.3 Å². The number of aromatic amines is 1. The van der Waals surface area contributed by atoms with Gasteiger partial charge in [0, 0.05) is 16.0 Å². The quantitative estimate of drug-likeness (QED) is 0.412. The normalized spacial score (nSPS) is 36.5. The van der Waals surface area contributed by atoms with E-state index in [9.17, 15) is 14.7 Å². The second-order valence-electron chi connectivity index (χ2n) is 8.13. The summed E-state index contributed by atoms with van der Waals surface area (Å²) in [6, 6.07) is 5.51. The molecule has 150 valence electrons. The number of thioether (sulfide) groups is 1. The number of ether oxygens (including phenoxy) is 2. The summed E-state index contributed by atoms with van der Waals surface area (Å²) in [7, 11) is 1.52. The van der Waals surface area contributed by atoms with Crippen LogP contribution in [0.2, 0.25) is 0 Å². The molecule has 0 radical (unpaired) electrons. The Labute approximate surface area is 179 Å². The number of nitrogens with one attached hydrogen (secondary N) is 1. The zero-order valence-electron chi connectivity index (χ0n) is 15.3. The first-order chi connectivity index (χ1) is 14.0. The molecule has 9 heteroatoms. The number of esters is 2. The van der Waals surface area contributed by atoms with Crippen molar-refractivity contribution in [3.05, 3.63) is 32.6 Å². The van der Waals surface area contributed by atoms with Crippen molar-refractivity contribution in [2.75, 3.05) is 7.11 Å². The van der Waals surface area contributed by atoms with Gasteiger partial charge in [-0.25, -0.2) is 0 Å². The molecule has 2 bridgehead atoms. The number of thiazole rings is 1. The Morgan fingerprint density at radius 2 is 2.00 bits per heavy atom. The molecule has 2 aliphatic heterocycles. The van der Waals surface area contributed by atoms with Gasteiger partial charge >= 0.3 is 11.9 Å². The maximum absolute atomic E-state index is 12.4. The van der Waals surface area contributed by atoms with E-state index in [1.165, 1.54) is 7.11 Å². The molecule has 1 aromatic heterocycles. The Bertz CT molecular complexity index is 1120. The number of cyclic esters (lactones) is 2. The predicted octanol–water partition coefficient (Wildman–Crippen LogP) is 3.71. The SMILES string of the molecule is COc1ccc(C2c3sc(=S)[nH]c3SC3C4CC(C5C(=O)OC(=O)C45)C23)cc1O. The van der Waals surface area contributed by atoms with Crippen molar-refractivity contribution < 1.29 is 24.2 Å². The fraction of sp³-hybridized carbons (Fsp3) is 0.450.